The first-order valence-electron chi connectivity index (χ1n) is 7.16. The predicted octanol–water partition coefficient (Wildman–Crippen LogP) is 1.73. The first-order chi connectivity index (χ1) is 9.83. The lowest BCUT2D eigenvalue weighted by molar-refractivity contribution is -0.140. The highest BCUT2D eigenvalue weighted by molar-refractivity contribution is 7.89. The van der Waals surface area contributed by atoms with E-state index in [1.165, 1.54) is 12.3 Å². The molecule has 0 aliphatic heterocycles. The molecule has 0 spiro atoms. The molecule has 1 heterocycles. The topological polar surface area (TPSA) is 88.4 Å². The number of nitrogens with one attached hydrogen (secondary N) is 1. The van der Waals surface area contributed by atoms with E-state index in [1.54, 1.807) is 17.8 Å². The number of aryl methyl sites for hydroxylation is 1. The number of hydrogen-bond acceptors (Lipinski definition) is 3. The number of carboxylic acid groups (broad SMARTS) is 1. The average Bonchev–Trinajstić information content (AvgIpc) is 2.85. The summed E-state index contributed by atoms with van der Waals surface area (Å²) in [7, 11) is -1.82. The van der Waals surface area contributed by atoms with Crippen molar-refractivity contribution < 1.29 is 18.3 Å². The van der Waals surface area contributed by atoms with Crippen molar-refractivity contribution in [2.45, 2.75) is 43.4 Å². The van der Waals surface area contributed by atoms with Crippen LogP contribution in [0.25, 0.3) is 0 Å². The van der Waals surface area contributed by atoms with Gasteiger partial charge in [0.1, 0.15) is 0 Å². The summed E-state index contributed by atoms with van der Waals surface area (Å²) in [5, 5.41) is 9.10. The monoisotopic (exact) mass is 314 g/mol. The molecule has 118 valence electrons. The van der Waals surface area contributed by atoms with Crippen molar-refractivity contribution in [3.05, 3.63) is 18.5 Å². The maximum atomic E-state index is 12.2. The second-order valence-electron chi connectivity index (χ2n) is 5.97. The normalized spacial score (nSPS) is 18.5. The van der Waals surface area contributed by atoms with E-state index in [4.69, 9.17) is 5.11 Å². The Morgan fingerprint density at radius 2 is 2.05 bits per heavy atom. The minimum absolute atomic E-state index is 0.0182. The molecule has 1 aliphatic rings. The highest BCUT2D eigenvalue weighted by Crippen LogP contribution is 2.39. The number of rotatable bonds is 6. The summed E-state index contributed by atoms with van der Waals surface area (Å²) in [5.41, 5.74) is -0.452. The van der Waals surface area contributed by atoms with Crippen LogP contribution >= 0.6 is 0 Å². The quantitative estimate of drug-likeness (QED) is 0.837. The lowest BCUT2D eigenvalue weighted by Gasteiger charge is -2.36. The number of sulfonamides is 1. The number of aromatic nitrogens is 1. The van der Waals surface area contributed by atoms with Crippen molar-refractivity contribution in [3.8, 4) is 0 Å². The van der Waals surface area contributed by atoms with Gasteiger partial charge in [-0.05, 0) is 24.3 Å². The van der Waals surface area contributed by atoms with Crippen LogP contribution in [-0.4, -0.2) is 30.6 Å². The minimum Gasteiger partial charge on any atom is -0.481 e. The molecule has 7 heteroatoms. The van der Waals surface area contributed by atoms with Crippen molar-refractivity contribution in [1.29, 1.82) is 0 Å². The Hall–Kier alpha value is -1.34. The molecule has 2 rings (SSSR count). The van der Waals surface area contributed by atoms with E-state index in [1.807, 2.05) is 0 Å². The van der Waals surface area contributed by atoms with Crippen LogP contribution in [0.5, 0.6) is 0 Å². The van der Waals surface area contributed by atoms with E-state index in [9.17, 15) is 13.2 Å². The summed E-state index contributed by atoms with van der Waals surface area (Å²) < 4.78 is 28.8. The van der Waals surface area contributed by atoms with Gasteiger partial charge in [-0.1, -0.05) is 19.3 Å². The fourth-order valence-electron chi connectivity index (χ4n) is 3.01. The lowest BCUT2D eigenvalue weighted by atomic mass is 9.72. The van der Waals surface area contributed by atoms with E-state index in [2.05, 4.69) is 4.72 Å². The summed E-state index contributed by atoms with van der Waals surface area (Å²) in [6, 6.07) is 1.53. The maximum Gasteiger partial charge on any atom is 0.303 e. The van der Waals surface area contributed by atoms with Gasteiger partial charge in [0.05, 0.1) is 11.3 Å². The largest absolute Gasteiger partial charge is 0.481 e. The van der Waals surface area contributed by atoms with Crippen LogP contribution in [-0.2, 0) is 21.9 Å². The molecule has 0 aromatic carbocycles. The molecular formula is C14H22N2O4S. The fraction of sp³-hybridized carbons (Fsp3) is 0.643. The van der Waals surface area contributed by atoms with Gasteiger partial charge in [-0.15, -0.1) is 0 Å². The molecule has 21 heavy (non-hydrogen) atoms. The molecule has 0 radical (unpaired) electrons. The van der Waals surface area contributed by atoms with Gasteiger partial charge >= 0.3 is 5.97 Å². The Morgan fingerprint density at radius 3 is 2.57 bits per heavy atom. The average molecular weight is 314 g/mol. The summed E-state index contributed by atoms with van der Waals surface area (Å²) >= 11 is 0. The zero-order chi connectivity index (χ0) is 15.5. The van der Waals surface area contributed by atoms with Crippen LogP contribution in [0.2, 0.25) is 0 Å². The third-order valence-corrected chi connectivity index (χ3v) is 5.58. The van der Waals surface area contributed by atoms with E-state index in [-0.39, 0.29) is 17.9 Å². The van der Waals surface area contributed by atoms with E-state index in [0.717, 1.165) is 32.1 Å². The van der Waals surface area contributed by atoms with E-state index >= 15 is 0 Å². The van der Waals surface area contributed by atoms with Gasteiger partial charge in [-0.25, -0.2) is 13.1 Å². The van der Waals surface area contributed by atoms with Gasteiger partial charge < -0.3 is 9.67 Å². The number of carboxylic acids is 1. The Morgan fingerprint density at radius 1 is 1.38 bits per heavy atom. The second kappa shape index (κ2) is 6.19. The smallest absolute Gasteiger partial charge is 0.303 e. The summed E-state index contributed by atoms with van der Waals surface area (Å²) in [6.45, 7) is 0.191. The molecule has 2 N–H and O–H groups in total. The minimum atomic E-state index is -3.58. The van der Waals surface area contributed by atoms with Gasteiger partial charge in [0.2, 0.25) is 10.0 Å². The van der Waals surface area contributed by atoms with Crippen LogP contribution in [0, 0.1) is 5.41 Å². The number of hydrogen-bond donors (Lipinski definition) is 2. The molecule has 0 atom stereocenters. The lowest BCUT2D eigenvalue weighted by Crippen LogP contribution is -2.40. The standard InChI is InChI=1S/C14H22N2O4S/c1-16-8-5-12(10-16)21(19,20)15-11-14(9-13(17)18)6-3-2-4-7-14/h5,8,10,15H,2-4,6-7,9,11H2,1H3,(H,17,18). The van der Waals surface area contributed by atoms with Crippen molar-refractivity contribution >= 4 is 16.0 Å². The summed E-state index contributed by atoms with van der Waals surface area (Å²) in [4.78, 5) is 11.3. The van der Waals surface area contributed by atoms with Crippen LogP contribution in [0.1, 0.15) is 38.5 Å². The summed E-state index contributed by atoms with van der Waals surface area (Å²) in [5.74, 6) is -0.865. The molecule has 1 fully saturated rings. The van der Waals surface area contributed by atoms with Gasteiger partial charge in [0, 0.05) is 26.0 Å². The maximum absolute atomic E-state index is 12.2. The van der Waals surface area contributed by atoms with Gasteiger partial charge in [0.25, 0.3) is 0 Å². The van der Waals surface area contributed by atoms with Crippen LogP contribution in [0.4, 0.5) is 0 Å². The van der Waals surface area contributed by atoms with Crippen LogP contribution in [0.3, 0.4) is 0 Å². The molecule has 0 saturated heterocycles. The van der Waals surface area contributed by atoms with Crippen LogP contribution in [0.15, 0.2) is 23.4 Å². The Bertz CT molecular complexity index is 600. The zero-order valence-electron chi connectivity index (χ0n) is 12.2. The van der Waals surface area contributed by atoms with Gasteiger partial charge in [-0.3, -0.25) is 4.79 Å². The first kappa shape index (κ1) is 16.0. The Balaban J connectivity index is 2.09. The SMILES string of the molecule is Cn1ccc(S(=O)(=O)NCC2(CC(=O)O)CCCCC2)c1. The van der Waals surface area contributed by atoms with Gasteiger partial charge in [0.15, 0.2) is 0 Å². The second-order valence-corrected chi connectivity index (χ2v) is 7.74. The van der Waals surface area contributed by atoms with Crippen molar-refractivity contribution in [1.82, 2.24) is 9.29 Å². The molecule has 0 unspecified atom stereocenters. The highest BCUT2D eigenvalue weighted by atomic mass is 32.2. The number of nitrogens with zero attached hydrogens (tertiary/aromatic N) is 1. The first-order valence-corrected chi connectivity index (χ1v) is 8.65. The summed E-state index contributed by atoms with van der Waals surface area (Å²) in [6.07, 6.45) is 7.75. The molecule has 1 aromatic heterocycles. The molecule has 1 saturated carbocycles. The Kier molecular flexibility index (Phi) is 4.73. The molecule has 0 amide bonds. The van der Waals surface area contributed by atoms with Gasteiger partial charge in [-0.2, -0.15) is 0 Å². The predicted molar refractivity (Wildman–Crippen MR) is 78.4 cm³/mol. The molecule has 6 nitrogen and oxygen atoms in total. The van der Waals surface area contributed by atoms with E-state index in [0.29, 0.717) is 0 Å². The zero-order valence-corrected chi connectivity index (χ0v) is 13.0. The molecule has 0 bridgehead atoms. The van der Waals surface area contributed by atoms with Crippen molar-refractivity contribution in [3.63, 3.8) is 0 Å². The third-order valence-electron chi connectivity index (χ3n) is 4.19. The number of carbonyl (C=O) groups is 1. The van der Waals surface area contributed by atoms with Crippen molar-refractivity contribution in [2.75, 3.05) is 6.54 Å². The molecule has 1 aromatic rings. The van der Waals surface area contributed by atoms with Crippen LogP contribution < -0.4 is 4.72 Å². The van der Waals surface area contributed by atoms with E-state index < -0.39 is 21.4 Å². The third kappa shape index (κ3) is 4.07. The fourth-order valence-corrected chi connectivity index (χ4v) is 4.21. The molecular weight excluding hydrogens is 292 g/mol. The Labute approximate surface area is 125 Å². The highest BCUT2D eigenvalue weighted by Gasteiger charge is 2.35. The molecule has 1 aliphatic carbocycles. The number of aliphatic carboxylic acids is 1. The van der Waals surface area contributed by atoms with Crippen molar-refractivity contribution in [2.24, 2.45) is 12.5 Å².